The van der Waals surface area contributed by atoms with Gasteiger partial charge in [0.2, 0.25) is 0 Å². The number of para-hydroxylation sites is 1. The molecule has 0 amide bonds. The molecular weight excluding hydrogens is 386 g/mol. The minimum atomic E-state index is -0.684. The maximum Gasteiger partial charge on any atom is 0.349 e. The number of hydrogen-bond acceptors (Lipinski definition) is 6. The molecule has 144 valence electrons. The third kappa shape index (κ3) is 4.29. The third-order valence-corrected chi connectivity index (χ3v) is 3.95. The number of fused-ring (bicyclic) bond motifs is 1. The molecule has 0 spiro atoms. The number of aromatic amines is 1. The van der Waals surface area contributed by atoms with Gasteiger partial charge in [-0.1, -0.05) is 23.7 Å². The largest absolute Gasteiger partial charge is 0.481 e. The van der Waals surface area contributed by atoms with E-state index in [-0.39, 0.29) is 13.2 Å². The lowest BCUT2D eigenvalue weighted by molar-refractivity contribution is -0.145. The van der Waals surface area contributed by atoms with Crippen molar-refractivity contribution in [2.75, 3.05) is 13.2 Å². The average molecular weight is 402 g/mol. The van der Waals surface area contributed by atoms with Gasteiger partial charge >= 0.3 is 11.7 Å². The van der Waals surface area contributed by atoms with Crippen molar-refractivity contribution in [3.63, 3.8) is 0 Å². The molecule has 0 aliphatic rings. The van der Waals surface area contributed by atoms with Gasteiger partial charge in [-0.3, -0.25) is 4.79 Å². The van der Waals surface area contributed by atoms with Crippen LogP contribution in [0.4, 0.5) is 0 Å². The molecule has 9 heteroatoms. The standard InChI is InChI=1S/C19H16ClN3O5/c1-2-27-17(24)11-28-16-8-7-13(20)9-12(16)10-21-23-18(25)14-5-3-4-6-15(14)22-19(23)26/h3-10H,2,11H2,1H3,(H,22,26). The fourth-order valence-electron chi connectivity index (χ4n) is 2.47. The lowest BCUT2D eigenvalue weighted by Crippen LogP contribution is -2.32. The molecular formula is C19H16ClN3O5. The van der Waals surface area contributed by atoms with E-state index in [0.29, 0.717) is 31.9 Å². The first-order valence-corrected chi connectivity index (χ1v) is 8.74. The van der Waals surface area contributed by atoms with E-state index in [2.05, 4.69) is 10.1 Å². The average Bonchev–Trinajstić information content (AvgIpc) is 2.67. The van der Waals surface area contributed by atoms with Crippen LogP contribution in [0.3, 0.4) is 0 Å². The number of carbonyl (C=O) groups excluding carboxylic acids is 1. The van der Waals surface area contributed by atoms with Crippen molar-refractivity contribution in [2.24, 2.45) is 5.10 Å². The number of aromatic nitrogens is 2. The summed E-state index contributed by atoms with van der Waals surface area (Å²) in [5, 5.41) is 4.69. The molecule has 1 aromatic heterocycles. The monoisotopic (exact) mass is 401 g/mol. The first-order chi connectivity index (χ1) is 13.5. The van der Waals surface area contributed by atoms with Crippen molar-refractivity contribution in [2.45, 2.75) is 6.92 Å². The number of nitrogens with zero attached hydrogens (tertiary/aromatic N) is 2. The Labute approximate surface area is 164 Å². The molecule has 3 rings (SSSR count). The fraction of sp³-hybridized carbons (Fsp3) is 0.158. The predicted octanol–water partition coefficient (Wildman–Crippen LogP) is 2.17. The zero-order valence-electron chi connectivity index (χ0n) is 14.8. The molecule has 0 fully saturated rings. The van der Waals surface area contributed by atoms with Crippen LogP contribution in [-0.4, -0.2) is 35.1 Å². The molecule has 1 heterocycles. The lowest BCUT2D eigenvalue weighted by atomic mass is 10.2. The Bertz CT molecular complexity index is 1170. The quantitative estimate of drug-likeness (QED) is 0.503. The summed E-state index contributed by atoms with van der Waals surface area (Å²) in [6.07, 6.45) is 1.26. The Morgan fingerprint density at radius 1 is 1.25 bits per heavy atom. The van der Waals surface area contributed by atoms with Crippen molar-refractivity contribution in [1.29, 1.82) is 0 Å². The summed E-state index contributed by atoms with van der Waals surface area (Å²) in [6, 6.07) is 11.3. The van der Waals surface area contributed by atoms with Crippen LogP contribution < -0.4 is 16.0 Å². The van der Waals surface area contributed by atoms with Crippen LogP contribution in [0.1, 0.15) is 12.5 Å². The predicted molar refractivity (Wildman–Crippen MR) is 105 cm³/mol. The Hall–Kier alpha value is -3.39. The van der Waals surface area contributed by atoms with Crippen LogP contribution in [-0.2, 0) is 9.53 Å². The number of rotatable bonds is 6. The van der Waals surface area contributed by atoms with Crippen molar-refractivity contribution >= 4 is 34.7 Å². The highest BCUT2D eigenvalue weighted by Gasteiger charge is 2.09. The summed E-state index contributed by atoms with van der Waals surface area (Å²) in [7, 11) is 0. The smallest absolute Gasteiger partial charge is 0.349 e. The van der Waals surface area contributed by atoms with E-state index < -0.39 is 17.2 Å². The van der Waals surface area contributed by atoms with Gasteiger partial charge in [0.25, 0.3) is 5.56 Å². The number of carbonyl (C=O) groups is 1. The number of hydrogen-bond donors (Lipinski definition) is 1. The minimum absolute atomic E-state index is 0.241. The van der Waals surface area contributed by atoms with Crippen molar-refractivity contribution < 1.29 is 14.3 Å². The maximum absolute atomic E-state index is 12.5. The summed E-state index contributed by atoms with van der Waals surface area (Å²) in [6.45, 7) is 1.63. The molecule has 0 saturated carbocycles. The SMILES string of the molecule is CCOC(=O)COc1ccc(Cl)cc1C=Nn1c(=O)[nH]c2ccccc2c1=O. The van der Waals surface area contributed by atoms with Crippen LogP contribution in [0.2, 0.25) is 5.02 Å². The number of nitrogens with one attached hydrogen (secondary N) is 1. The summed E-state index contributed by atoms with van der Waals surface area (Å²) in [5.74, 6) is -0.228. The molecule has 0 aliphatic carbocycles. The third-order valence-electron chi connectivity index (χ3n) is 3.72. The normalized spacial score (nSPS) is 11.1. The molecule has 0 unspecified atom stereocenters. The molecule has 0 bridgehead atoms. The second-order valence-electron chi connectivity index (χ2n) is 5.61. The van der Waals surface area contributed by atoms with E-state index in [9.17, 15) is 14.4 Å². The van der Waals surface area contributed by atoms with E-state index >= 15 is 0 Å². The van der Waals surface area contributed by atoms with E-state index in [1.165, 1.54) is 12.3 Å². The van der Waals surface area contributed by atoms with Gasteiger partial charge in [0.15, 0.2) is 6.61 Å². The van der Waals surface area contributed by atoms with Gasteiger partial charge in [-0.05, 0) is 37.3 Å². The van der Waals surface area contributed by atoms with E-state index in [4.69, 9.17) is 21.1 Å². The number of H-pyrrole nitrogens is 1. The van der Waals surface area contributed by atoms with Crippen molar-refractivity contribution in [3.8, 4) is 5.75 Å². The van der Waals surface area contributed by atoms with Gasteiger partial charge in [-0.25, -0.2) is 9.59 Å². The van der Waals surface area contributed by atoms with Crippen LogP contribution in [0.25, 0.3) is 10.9 Å². The lowest BCUT2D eigenvalue weighted by Gasteiger charge is -2.09. The van der Waals surface area contributed by atoms with Crippen LogP contribution in [0.5, 0.6) is 5.75 Å². The topological polar surface area (TPSA) is 103 Å². The Balaban J connectivity index is 1.95. The molecule has 0 aliphatic heterocycles. The summed E-state index contributed by atoms with van der Waals surface area (Å²) < 4.78 is 10.9. The van der Waals surface area contributed by atoms with E-state index in [0.717, 1.165) is 0 Å². The van der Waals surface area contributed by atoms with Crippen molar-refractivity contribution in [1.82, 2.24) is 9.66 Å². The number of halogens is 1. The molecule has 0 radical (unpaired) electrons. The maximum atomic E-state index is 12.5. The summed E-state index contributed by atoms with van der Waals surface area (Å²) in [4.78, 5) is 38.8. The molecule has 28 heavy (non-hydrogen) atoms. The molecule has 2 aromatic carbocycles. The first-order valence-electron chi connectivity index (χ1n) is 8.36. The minimum Gasteiger partial charge on any atom is -0.481 e. The van der Waals surface area contributed by atoms with Gasteiger partial charge in [-0.2, -0.15) is 5.10 Å². The highest BCUT2D eigenvalue weighted by Crippen LogP contribution is 2.21. The summed E-state index contributed by atoms with van der Waals surface area (Å²) in [5.41, 5.74) is -0.441. The Kier molecular flexibility index (Phi) is 5.90. The Morgan fingerprint density at radius 2 is 2.04 bits per heavy atom. The molecule has 3 aromatic rings. The van der Waals surface area contributed by atoms with E-state index in [1.807, 2.05) is 0 Å². The molecule has 1 N–H and O–H groups in total. The first kappa shape index (κ1) is 19.4. The highest BCUT2D eigenvalue weighted by atomic mass is 35.5. The van der Waals surface area contributed by atoms with Gasteiger partial charge in [0.1, 0.15) is 5.75 Å². The Morgan fingerprint density at radius 3 is 2.82 bits per heavy atom. The van der Waals surface area contributed by atoms with Gasteiger partial charge < -0.3 is 14.5 Å². The van der Waals surface area contributed by atoms with Crippen LogP contribution in [0.15, 0.2) is 57.2 Å². The number of ether oxygens (including phenoxy) is 2. The van der Waals surface area contributed by atoms with Gasteiger partial charge in [-0.15, -0.1) is 4.68 Å². The van der Waals surface area contributed by atoms with Gasteiger partial charge in [0.05, 0.1) is 23.7 Å². The van der Waals surface area contributed by atoms with E-state index in [1.54, 1.807) is 43.3 Å². The molecule has 0 saturated heterocycles. The molecule has 8 nitrogen and oxygen atoms in total. The van der Waals surface area contributed by atoms with Gasteiger partial charge in [0, 0.05) is 10.6 Å². The van der Waals surface area contributed by atoms with Crippen LogP contribution >= 0.6 is 11.6 Å². The second-order valence-corrected chi connectivity index (χ2v) is 6.05. The summed E-state index contributed by atoms with van der Waals surface area (Å²) >= 11 is 6.01. The van der Waals surface area contributed by atoms with Crippen molar-refractivity contribution in [3.05, 3.63) is 73.9 Å². The second kappa shape index (κ2) is 8.53. The highest BCUT2D eigenvalue weighted by molar-refractivity contribution is 6.30. The molecule has 0 atom stereocenters. The zero-order valence-corrected chi connectivity index (χ0v) is 15.6. The zero-order chi connectivity index (χ0) is 20.1. The number of esters is 1. The number of benzene rings is 2. The fourth-order valence-corrected chi connectivity index (χ4v) is 2.65. The van der Waals surface area contributed by atoms with Crippen LogP contribution in [0, 0.1) is 0 Å².